The molecule has 1 fully saturated rings. The Hall–Kier alpha value is -0.940. The van der Waals surface area contributed by atoms with Gasteiger partial charge in [0.2, 0.25) is 0 Å². The second-order valence-corrected chi connectivity index (χ2v) is 5.71. The van der Waals surface area contributed by atoms with Gasteiger partial charge in [-0.05, 0) is 18.9 Å². The van der Waals surface area contributed by atoms with Crippen molar-refractivity contribution >= 4 is 16.5 Å². The third-order valence-corrected chi connectivity index (χ3v) is 4.20. The Labute approximate surface area is 103 Å². The van der Waals surface area contributed by atoms with Gasteiger partial charge in [0.05, 0.1) is 23.3 Å². The van der Waals surface area contributed by atoms with Crippen LogP contribution in [-0.4, -0.2) is 22.7 Å². The molecule has 0 saturated carbocycles. The fourth-order valence-electron chi connectivity index (χ4n) is 1.93. The van der Waals surface area contributed by atoms with Crippen LogP contribution in [0.1, 0.15) is 18.4 Å². The Morgan fingerprint density at radius 3 is 3.06 bits per heavy atom. The number of benzene rings is 1. The maximum absolute atomic E-state index is 13.6. The summed E-state index contributed by atoms with van der Waals surface area (Å²) in [6.07, 6.45) is 2.04. The summed E-state index contributed by atoms with van der Waals surface area (Å²) in [4.78, 5) is 0. The van der Waals surface area contributed by atoms with Gasteiger partial charge in [0.1, 0.15) is 5.82 Å². The van der Waals surface area contributed by atoms with E-state index in [1.807, 2.05) is 0 Å². The number of ether oxygens (including phenoxy) is 1. The first-order valence-electron chi connectivity index (χ1n) is 5.66. The smallest absolute Gasteiger partial charge is 0.150 e. The lowest BCUT2D eigenvalue weighted by Gasteiger charge is -2.09. The highest BCUT2D eigenvalue weighted by Gasteiger charge is 2.19. The van der Waals surface area contributed by atoms with Crippen LogP contribution in [0, 0.1) is 5.82 Å². The fourth-order valence-corrected chi connectivity index (χ4v) is 3.29. The molecule has 2 unspecified atom stereocenters. The summed E-state index contributed by atoms with van der Waals surface area (Å²) < 4.78 is 30.8. The first-order chi connectivity index (χ1) is 8.16. The minimum atomic E-state index is -1.10. The maximum Gasteiger partial charge on any atom is 0.150 e. The number of hydrogen-bond acceptors (Lipinski definition) is 3. The van der Waals surface area contributed by atoms with Crippen LogP contribution < -0.4 is 5.73 Å². The van der Waals surface area contributed by atoms with E-state index in [0.717, 1.165) is 19.4 Å². The van der Waals surface area contributed by atoms with E-state index in [0.29, 0.717) is 11.3 Å². The molecule has 0 aliphatic carbocycles. The van der Waals surface area contributed by atoms with Crippen molar-refractivity contribution in [1.29, 1.82) is 0 Å². The third kappa shape index (κ3) is 3.26. The molecule has 94 valence electrons. The van der Waals surface area contributed by atoms with Gasteiger partial charge < -0.3 is 10.5 Å². The average Bonchev–Trinajstić information content (AvgIpc) is 2.77. The quantitative estimate of drug-likeness (QED) is 0.837. The van der Waals surface area contributed by atoms with Gasteiger partial charge >= 0.3 is 0 Å². The number of hydrogen-bond donors (Lipinski definition) is 1. The number of nitrogens with two attached hydrogens (primary N) is 1. The number of nitrogen functional groups attached to an aromatic ring is 1. The maximum atomic E-state index is 13.6. The predicted octanol–water partition coefficient (Wildman–Crippen LogP) is 1.84. The minimum absolute atomic E-state index is 0.0694. The Morgan fingerprint density at radius 1 is 1.53 bits per heavy atom. The zero-order chi connectivity index (χ0) is 12.3. The first kappa shape index (κ1) is 12.5. The van der Waals surface area contributed by atoms with Gasteiger partial charge in [-0.25, -0.2) is 4.39 Å². The van der Waals surface area contributed by atoms with Gasteiger partial charge in [-0.15, -0.1) is 0 Å². The van der Waals surface area contributed by atoms with Gasteiger partial charge in [-0.3, -0.25) is 4.21 Å². The monoisotopic (exact) mass is 257 g/mol. The molecule has 2 atom stereocenters. The van der Waals surface area contributed by atoms with Crippen molar-refractivity contribution < 1.29 is 13.3 Å². The molecule has 1 saturated heterocycles. The molecule has 0 bridgehead atoms. The molecule has 2 N–H and O–H groups in total. The molecule has 1 aliphatic rings. The van der Waals surface area contributed by atoms with Crippen molar-refractivity contribution in [3.8, 4) is 0 Å². The molecule has 0 spiro atoms. The van der Waals surface area contributed by atoms with Crippen LogP contribution in [0.3, 0.4) is 0 Å². The summed E-state index contributed by atoms with van der Waals surface area (Å²) in [6.45, 7) is 0.745. The Balaban J connectivity index is 1.95. The lowest BCUT2D eigenvalue weighted by Crippen LogP contribution is -2.17. The Bertz CT molecular complexity index is 419. The van der Waals surface area contributed by atoms with Crippen LogP contribution in [-0.2, 0) is 21.3 Å². The second-order valence-electron chi connectivity index (χ2n) is 4.21. The molecule has 17 heavy (non-hydrogen) atoms. The van der Waals surface area contributed by atoms with E-state index in [9.17, 15) is 8.60 Å². The van der Waals surface area contributed by atoms with Crippen LogP contribution in [0.2, 0.25) is 0 Å². The zero-order valence-corrected chi connectivity index (χ0v) is 10.3. The SMILES string of the molecule is Nc1cccc(CS(=O)CC2CCCO2)c1F. The Morgan fingerprint density at radius 2 is 2.35 bits per heavy atom. The van der Waals surface area contributed by atoms with Crippen LogP contribution in [0.5, 0.6) is 0 Å². The molecule has 1 aliphatic heterocycles. The fraction of sp³-hybridized carbons (Fsp3) is 0.500. The van der Waals surface area contributed by atoms with Crippen molar-refractivity contribution in [1.82, 2.24) is 0 Å². The molecule has 0 radical (unpaired) electrons. The summed E-state index contributed by atoms with van der Waals surface area (Å²) >= 11 is 0. The van der Waals surface area contributed by atoms with Gasteiger partial charge in [0, 0.05) is 23.0 Å². The number of rotatable bonds is 4. The van der Waals surface area contributed by atoms with Crippen LogP contribution in [0.4, 0.5) is 10.1 Å². The molecule has 5 heteroatoms. The molecule has 1 aromatic carbocycles. The molecular weight excluding hydrogens is 241 g/mol. The van der Waals surface area contributed by atoms with Crippen molar-refractivity contribution in [3.63, 3.8) is 0 Å². The molecular formula is C12H16FNO2S. The van der Waals surface area contributed by atoms with Crippen LogP contribution >= 0.6 is 0 Å². The van der Waals surface area contributed by atoms with Gasteiger partial charge in [-0.2, -0.15) is 0 Å². The highest BCUT2D eigenvalue weighted by molar-refractivity contribution is 7.84. The first-order valence-corrected chi connectivity index (χ1v) is 7.15. The second kappa shape index (κ2) is 5.60. The molecule has 1 aromatic rings. The van der Waals surface area contributed by atoms with Gasteiger partial charge in [0.15, 0.2) is 0 Å². The van der Waals surface area contributed by atoms with E-state index in [-0.39, 0.29) is 17.5 Å². The van der Waals surface area contributed by atoms with E-state index in [1.165, 1.54) is 6.07 Å². The molecule has 0 aromatic heterocycles. The van der Waals surface area contributed by atoms with E-state index in [2.05, 4.69) is 0 Å². The summed E-state index contributed by atoms with van der Waals surface area (Å²) in [7, 11) is -1.10. The van der Waals surface area contributed by atoms with Crippen molar-refractivity contribution in [3.05, 3.63) is 29.6 Å². The molecule has 1 heterocycles. The van der Waals surface area contributed by atoms with Crippen LogP contribution in [0.25, 0.3) is 0 Å². The summed E-state index contributed by atoms with van der Waals surface area (Å²) in [5, 5.41) is 0. The lowest BCUT2D eigenvalue weighted by atomic mass is 10.2. The lowest BCUT2D eigenvalue weighted by molar-refractivity contribution is 0.128. The summed E-state index contributed by atoms with van der Waals surface area (Å²) in [6, 6.07) is 4.80. The van der Waals surface area contributed by atoms with Gasteiger partial charge in [-0.1, -0.05) is 12.1 Å². The topological polar surface area (TPSA) is 52.3 Å². The zero-order valence-electron chi connectivity index (χ0n) is 9.52. The number of anilines is 1. The highest BCUT2D eigenvalue weighted by Crippen LogP contribution is 2.18. The summed E-state index contributed by atoms with van der Waals surface area (Å²) in [5.41, 5.74) is 5.99. The van der Waals surface area contributed by atoms with Crippen molar-refractivity contribution in [2.75, 3.05) is 18.1 Å². The van der Waals surface area contributed by atoms with Gasteiger partial charge in [0.25, 0.3) is 0 Å². The third-order valence-electron chi connectivity index (χ3n) is 2.82. The molecule has 2 rings (SSSR count). The predicted molar refractivity (Wildman–Crippen MR) is 66.5 cm³/mol. The number of halogens is 1. The van der Waals surface area contributed by atoms with Crippen molar-refractivity contribution in [2.24, 2.45) is 0 Å². The summed E-state index contributed by atoms with van der Waals surface area (Å²) in [5.74, 6) is 0.235. The molecule has 0 amide bonds. The Kier molecular flexibility index (Phi) is 4.12. The average molecular weight is 257 g/mol. The highest BCUT2D eigenvalue weighted by atomic mass is 32.2. The van der Waals surface area contributed by atoms with Crippen molar-refractivity contribution in [2.45, 2.75) is 24.7 Å². The standard InChI is InChI=1S/C12H16FNO2S/c13-12-9(3-1-5-11(12)14)7-17(15)8-10-4-2-6-16-10/h1,3,5,10H,2,4,6-8,14H2. The van der Waals surface area contributed by atoms with E-state index < -0.39 is 16.6 Å². The van der Waals surface area contributed by atoms with Crippen LogP contribution in [0.15, 0.2) is 18.2 Å². The largest absolute Gasteiger partial charge is 0.396 e. The normalized spacial score (nSPS) is 21.6. The van der Waals surface area contributed by atoms with E-state index >= 15 is 0 Å². The van der Waals surface area contributed by atoms with E-state index in [4.69, 9.17) is 10.5 Å². The van der Waals surface area contributed by atoms with E-state index in [1.54, 1.807) is 12.1 Å². The molecule has 3 nitrogen and oxygen atoms in total. The minimum Gasteiger partial charge on any atom is -0.396 e.